The van der Waals surface area contributed by atoms with Crippen LogP contribution in [0.2, 0.25) is 0 Å². The first kappa shape index (κ1) is 17.2. The van der Waals surface area contributed by atoms with Crippen LogP contribution in [0.5, 0.6) is 0 Å². The van der Waals surface area contributed by atoms with Crippen LogP contribution in [0, 0.1) is 0 Å². The molecular weight excluding hydrogens is 344 g/mol. The van der Waals surface area contributed by atoms with E-state index in [1.54, 1.807) is 16.2 Å². The number of thiazole rings is 1. The minimum Gasteiger partial charge on any atom is -0.317 e. The molecule has 1 aromatic heterocycles. The molecule has 3 heterocycles. The highest BCUT2D eigenvalue weighted by molar-refractivity contribution is 7.09. The summed E-state index contributed by atoms with van der Waals surface area (Å²) in [5.74, 6) is 0.640. The average molecular weight is 365 g/mol. The van der Waals surface area contributed by atoms with E-state index in [2.05, 4.69) is 27.8 Å². The largest absolute Gasteiger partial charge is 0.322 e. The van der Waals surface area contributed by atoms with Gasteiger partial charge in [0.1, 0.15) is 0 Å². The highest BCUT2D eigenvalue weighted by atomic mass is 35.5. The van der Waals surface area contributed by atoms with Crippen molar-refractivity contribution in [2.45, 2.75) is 31.8 Å². The molecule has 2 aromatic rings. The van der Waals surface area contributed by atoms with Crippen molar-refractivity contribution in [3.8, 4) is 0 Å². The summed E-state index contributed by atoms with van der Waals surface area (Å²) >= 11 is 1.62. The molecule has 1 aromatic carbocycles. The molecule has 0 bridgehead atoms. The van der Waals surface area contributed by atoms with Gasteiger partial charge in [0.15, 0.2) is 0 Å². The number of piperidine rings is 1. The Morgan fingerprint density at radius 1 is 1.21 bits per heavy atom. The summed E-state index contributed by atoms with van der Waals surface area (Å²) in [5.41, 5.74) is 5.11. The summed E-state index contributed by atoms with van der Waals surface area (Å²) in [6.07, 6.45) is 2.38. The fraction of sp³-hybridized carbons (Fsp3) is 0.412. The van der Waals surface area contributed by atoms with Gasteiger partial charge in [0.25, 0.3) is 0 Å². The van der Waals surface area contributed by atoms with E-state index in [1.807, 2.05) is 17.6 Å². The third kappa shape index (κ3) is 3.55. The number of amides is 2. The molecule has 7 heteroatoms. The van der Waals surface area contributed by atoms with Crippen molar-refractivity contribution in [3.63, 3.8) is 0 Å². The number of benzene rings is 1. The number of hydrogen-bond acceptors (Lipinski definition) is 4. The molecule has 0 atom stereocenters. The molecule has 128 valence electrons. The van der Waals surface area contributed by atoms with Crippen molar-refractivity contribution in [2.75, 3.05) is 18.4 Å². The van der Waals surface area contributed by atoms with Crippen molar-refractivity contribution in [1.29, 1.82) is 0 Å². The van der Waals surface area contributed by atoms with E-state index in [9.17, 15) is 4.79 Å². The molecule has 2 aliphatic rings. The predicted octanol–water partition coefficient (Wildman–Crippen LogP) is 3.58. The van der Waals surface area contributed by atoms with Gasteiger partial charge in [-0.05, 0) is 49.5 Å². The van der Waals surface area contributed by atoms with Gasteiger partial charge in [0.2, 0.25) is 0 Å². The summed E-state index contributed by atoms with van der Waals surface area (Å²) < 4.78 is 0. The van der Waals surface area contributed by atoms with Crippen LogP contribution in [0.25, 0.3) is 0 Å². The number of nitrogens with one attached hydrogen (secondary N) is 2. The van der Waals surface area contributed by atoms with Crippen molar-refractivity contribution in [1.82, 2.24) is 15.2 Å². The molecule has 2 amide bonds. The van der Waals surface area contributed by atoms with Gasteiger partial charge in [-0.1, -0.05) is 12.1 Å². The second-order valence-corrected chi connectivity index (χ2v) is 7.09. The zero-order valence-corrected chi connectivity index (χ0v) is 15.0. The third-order valence-corrected chi connectivity index (χ3v) is 5.52. The van der Waals surface area contributed by atoms with Crippen molar-refractivity contribution in [2.24, 2.45) is 0 Å². The molecule has 2 aliphatic heterocycles. The molecular formula is C17H21ClN4OS. The number of carbonyl (C=O) groups excluding carboxylic acids is 1. The van der Waals surface area contributed by atoms with Crippen LogP contribution in [-0.2, 0) is 13.1 Å². The van der Waals surface area contributed by atoms with Crippen LogP contribution in [-0.4, -0.2) is 29.0 Å². The van der Waals surface area contributed by atoms with Crippen LogP contribution in [0.15, 0.2) is 29.8 Å². The Kier molecular flexibility index (Phi) is 5.38. The zero-order chi connectivity index (χ0) is 15.6. The standard InChI is InChI=1S/C17H20N4OS.ClH/c22-17(21-9-15-16(10-21)23-11-19-15)20-14-3-1-12(2-4-14)13-5-7-18-8-6-13;/h1-4,11,13,18H,5-10H2,(H,20,22);1H. The Labute approximate surface area is 151 Å². The molecule has 24 heavy (non-hydrogen) atoms. The average Bonchev–Trinajstić information content (AvgIpc) is 3.18. The van der Waals surface area contributed by atoms with Gasteiger partial charge in [0.05, 0.1) is 24.3 Å². The number of carbonyl (C=O) groups is 1. The van der Waals surface area contributed by atoms with Crippen LogP contribution in [0.1, 0.15) is 34.9 Å². The van der Waals surface area contributed by atoms with Crippen LogP contribution >= 0.6 is 23.7 Å². The lowest BCUT2D eigenvalue weighted by Gasteiger charge is -2.23. The monoisotopic (exact) mass is 364 g/mol. The first-order chi connectivity index (χ1) is 11.3. The molecule has 0 radical (unpaired) electrons. The third-order valence-electron chi connectivity index (χ3n) is 4.66. The molecule has 0 unspecified atom stereocenters. The minimum atomic E-state index is -0.0511. The maximum Gasteiger partial charge on any atom is 0.322 e. The van der Waals surface area contributed by atoms with E-state index in [0.717, 1.165) is 24.5 Å². The number of hydrogen-bond donors (Lipinski definition) is 2. The highest BCUT2D eigenvalue weighted by Crippen LogP contribution is 2.27. The van der Waals surface area contributed by atoms with E-state index >= 15 is 0 Å². The Balaban J connectivity index is 0.00000169. The van der Waals surface area contributed by atoms with Gasteiger partial charge in [-0.25, -0.2) is 9.78 Å². The van der Waals surface area contributed by atoms with Gasteiger partial charge >= 0.3 is 6.03 Å². The molecule has 2 N–H and O–H groups in total. The fourth-order valence-corrected chi connectivity index (χ4v) is 4.09. The van der Waals surface area contributed by atoms with E-state index in [4.69, 9.17) is 0 Å². The smallest absolute Gasteiger partial charge is 0.317 e. The maximum absolute atomic E-state index is 12.4. The maximum atomic E-state index is 12.4. The first-order valence-electron chi connectivity index (χ1n) is 8.07. The lowest BCUT2D eigenvalue weighted by Crippen LogP contribution is -2.30. The molecule has 0 spiro atoms. The Morgan fingerprint density at radius 2 is 1.96 bits per heavy atom. The molecule has 0 aliphatic carbocycles. The second kappa shape index (κ2) is 7.51. The second-order valence-electron chi connectivity index (χ2n) is 6.15. The summed E-state index contributed by atoms with van der Waals surface area (Å²) in [5, 5.41) is 6.38. The molecule has 1 saturated heterocycles. The Bertz CT molecular complexity index is 676. The zero-order valence-electron chi connectivity index (χ0n) is 13.3. The first-order valence-corrected chi connectivity index (χ1v) is 8.95. The Morgan fingerprint density at radius 3 is 2.67 bits per heavy atom. The van der Waals surface area contributed by atoms with Gasteiger partial charge in [-0.3, -0.25) is 0 Å². The molecule has 4 rings (SSSR count). The van der Waals surface area contributed by atoms with E-state index in [-0.39, 0.29) is 18.4 Å². The number of urea groups is 1. The number of aromatic nitrogens is 1. The van der Waals surface area contributed by atoms with Crippen LogP contribution < -0.4 is 10.6 Å². The van der Waals surface area contributed by atoms with Gasteiger partial charge < -0.3 is 15.5 Å². The lowest BCUT2D eigenvalue weighted by atomic mass is 9.90. The van der Waals surface area contributed by atoms with Crippen molar-refractivity contribution >= 4 is 35.5 Å². The number of halogens is 1. The SMILES string of the molecule is Cl.O=C(Nc1ccc(C2CCNCC2)cc1)N1Cc2ncsc2C1. The quantitative estimate of drug-likeness (QED) is 0.856. The Hall–Kier alpha value is -1.63. The minimum absolute atomic E-state index is 0. The fourth-order valence-electron chi connectivity index (χ4n) is 3.30. The number of anilines is 1. The van der Waals surface area contributed by atoms with Crippen molar-refractivity contribution in [3.05, 3.63) is 45.9 Å². The summed E-state index contributed by atoms with van der Waals surface area (Å²) in [6, 6.07) is 8.27. The molecule has 1 fully saturated rings. The van der Waals surface area contributed by atoms with Crippen LogP contribution in [0.4, 0.5) is 10.5 Å². The predicted molar refractivity (Wildman–Crippen MR) is 98.9 cm³/mol. The van der Waals surface area contributed by atoms with Gasteiger partial charge in [-0.2, -0.15) is 0 Å². The normalized spacial score (nSPS) is 17.2. The molecule has 5 nitrogen and oxygen atoms in total. The number of rotatable bonds is 2. The molecule has 0 saturated carbocycles. The van der Waals surface area contributed by atoms with E-state index < -0.39 is 0 Å². The van der Waals surface area contributed by atoms with Gasteiger partial charge in [0, 0.05) is 10.6 Å². The summed E-state index contributed by atoms with van der Waals surface area (Å²) in [6.45, 7) is 3.46. The number of nitrogens with zero attached hydrogens (tertiary/aromatic N) is 2. The summed E-state index contributed by atoms with van der Waals surface area (Å²) in [7, 11) is 0. The van der Waals surface area contributed by atoms with E-state index in [1.165, 1.54) is 23.3 Å². The van der Waals surface area contributed by atoms with Crippen molar-refractivity contribution < 1.29 is 4.79 Å². The highest BCUT2D eigenvalue weighted by Gasteiger charge is 2.25. The number of fused-ring (bicyclic) bond motifs is 1. The van der Waals surface area contributed by atoms with Crippen LogP contribution in [0.3, 0.4) is 0 Å². The van der Waals surface area contributed by atoms with E-state index in [0.29, 0.717) is 19.0 Å². The topological polar surface area (TPSA) is 57.3 Å². The van der Waals surface area contributed by atoms with Gasteiger partial charge in [-0.15, -0.1) is 23.7 Å². The summed E-state index contributed by atoms with van der Waals surface area (Å²) in [4.78, 5) is 19.6. The lowest BCUT2D eigenvalue weighted by molar-refractivity contribution is 0.212.